The number of nitrogens with zero attached hydrogens (tertiary/aromatic N) is 1. The van der Waals surface area contributed by atoms with Crippen LogP contribution in [0, 0.1) is 0 Å². The van der Waals surface area contributed by atoms with Crippen molar-refractivity contribution in [3.63, 3.8) is 0 Å². The Morgan fingerprint density at radius 3 is 2.23 bits per heavy atom. The zero-order valence-corrected chi connectivity index (χ0v) is 20.8. The number of halogens is 1. The van der Waals surface area contributed by atoms with Crippen molar-refractivity contribution in [2.24, 2.45) is 5.10 Å². The zero-order valence-electron chi connectivity index (χ0n) is 19.2. The highest BCUT2D eigenvalue weighted by molar-refractivity contribution is 9.10. The molecule has 10 heteroatoms. The lowest BCUT2D eigenvalue weighted by Crippen LogP contribution is -2.24. The number of nitrogens with one attached hydrogen (secondary N) is 1. The minimum atomic E-state index is -0.597. The first-order valence-electron chi connectivity index (χ1n) is 10.3. The summed E-state index contributed by atoms with van der Waals surface area (Å²) in [5.74, 6) is 1.28. The molecule has 0 aliphatic rings. The van der Waals surface area contributed by atoms with Crippen molar-refractivity contribution < 1.29 is 33.3 Å². The molecule has 0 fully saturated rings. The lowest BCUT2D eigenvalue weighted by Gasteiger charge is -2.11. The van der Waals surface area contributed by atoms with Gasteiger partial charge in [0.15, 0.2) is 18.1 Å². The molecule has 3 aromatic carbocycles. The fourth-order valence-electron chi connectivity index (χ4n) is 2.86. The quantitative estimate of drug-likeness (QED) is 0.177. The molecule has 0 unspecified atom stereocenters. The van der Waals surface area contributed by atoms with E-state index < -0.39 is 11.9 Å². The van der Waals surface area contributed by atoms with Crippen LogP contribution in [0.4, 0.5) is 0 Å². The third-order valence-corrected chi connectivity index (χ3v) is 5.11. The fraction of sp³-hybridized carbons (Fsp3) is 0.160. The molecule has 0 spiro atoms. The number of amides is 1. The van der Waals surface area contributed by atoms with E-state index in [2.05, 4.69) is 26.5 Å². The molecule has 0 saturated carbocycles. The molecule has 3 rings (SSSR count). The second-order valence-electron chi connectivity index (χ2n) is 6.90. The van der Waals surface area contributed by atoms with Gasteiger partial charge in [-0.15, -0.1) is 0 Å². The topological polar surface area (TPSA) is 105 Å². The summed E-state index contributed by atoms with van der Waals surface area (Å²) in [7, 11) is 4.55. The molecule has 182 valence electrons. The molecule has 0 heterocycles. The van der Waals surface area contributed by atoms with Crippen LogP contribution >= 0.6 is 15.9 Å². The van der Waals surface area contributed by atoms with Crippen molar-refractivity contribution in [1.82, 2.24) is 5.43 Å². The number of esters is 1. The standard InChI is InChI=1S/C25H23BrN2O7/c1-31-19-6-8-20(9-7-19)34-15-24(29)28-27-14-17-12-18(26)5-11-21(17)35-25(30)16-4-10-22(32-2)23(13-16)33-3/h4-14H,15H2,1-3H3,(H,28,29)/b27-14-. The molecule has 1 N–H and O–H groups in total. The molecule has 1 amide bonds. The summed E-state index contributed by atoms with van der Waals surface area (Å²) in [5, 5.41) is 3.94. The number of carbonyl (C=O) groups is 2. The van der Waals surface area contributed by atoms with Gasteiger partial charge in [0.25, 0.3) is 5.91 Å². The average molecular weight is 543 g/mol. The predicted molar refractivity (Wildman–Crippen MR) is 133 cm³/mol. The van der Waals surface area contributed by atoms with Crippen LogP contribution in [0.15, 0.2) is 70.2 Å². The SMILES string of the molecule is COc1ccc(OCC(=O)N/N=C\c2cc(Br)ccc2OC(=O)c2ccc(OC)c(OC)c2)cc1. The number of hydrogen-bond acceptors (Lipinski definition) is 8. The Morgan fingerprint density at radius 2 is 1.54 bits per heavy atom. The van der Waals surface area contributed by atoms with Crippen LogP contribution < -0.4 is 29.1 Å². The van der Waals surface area contributed by atoms with Crippen molar-refractivity contribution >= 4 is 34.0 Å². The minimum Gasteiger partial charge on any atom is -0.497 e. The van der Waals surface area contributed by atoms with Gasteiger partial charge in [-0.1, -0.05) is 15.9 Å². The summed E-state index contributed by atoms with van der Waals surface area (Å²) >= 11 is 3.38. The van der Waals surface area contributed by atoms with Gasteiger partial charge in [0.05, 0.1) is 33.1 Å². The zero-order chi connectivity index (χ0) is 25.2. The van der Waals surface area contributed by atoms with Gasteiger partial charge in [-0.25, -0.2) is 10.2 Å². The number of benzene rings is 3. The van der Waals surface area contributed by atoms with Crippen LogP contribution in [0.1, 0.15) is 15.9 Å². The first-order valence-corrected chi connectivity index (χ1v) is 11.0. The highest BCUT2D eigenvalue weighted by Crippen LogP contribution is 2.29. The molecule has 0 radical (unpaired) electrons. The number of hydrogen-bond donors (Lipinski definition) is 1. The lowest BCUT2D eigenvalue weighted by molar-refractivity contribution is -0.123. The normalized spacial score (nSPS) is 10.5. The molecule has 0 bridgehead atoms. The molecule has 0 aromatic heterocycles. The Labute approximate surface area is 210 Å². The first-order chi connectivity index (χ1) is 16.9. The van der Waals surface area contributed by atoms with Crippen LogP contribution in [-0.4, -0.2) is 46.0 Å². The van der Waals surface area contributed by atoms with E-state index in [1.54, 1.807) is 61.7 Å². The maximum Gasteiger partial charge on any atom is 0.343 e. The summed E-state index contributed by atoms with van der Waals surface area (Å²) in [4.78, 5) is 24.8. The highest BCUT2D eigenvalue weighted by atomic mass is 79.9. The predicted octanol–water partition coefficient (Wildman–Crippen LogP) is 4.22. The third kappa shape index (κ3) is 7.21. The van der Waals surface area contributed by atoms with Gasteiger partial charge in [0.2, 0.25) is 0 Å². The molecular formula is C25H23BrN2O7. The van der Waals surface area contributed by atoms with Gasteiger partial charge >= 0.3 is 5.97 Å². The van der Waals surface area contributed by atoms with Crippen LogP contribution in [0.3, 0.4) is 0 Å². The van der Waals surface area contributed by atoms with Crippen LogP contribution in [0.25, 0.3) is 0 Å². The van der Waals surface area contributed by atoms with Gasteiger partial charge in [-0.3, -0.25) is 4.79 Å². The summed E-state index contributed by atoms with van der Waals surface area (Å²) in [5.41, 5.74) is 3.12. The monoisotopic (exact) mass is 542 g/mol. The highest BCUT2D eigenvalue weighted by Gasteiger charge is 2.15. The second kappa shape index (κ2) is 12.4. The Balaban J connectivity index is 1.63. The van der Waals surface area contributed by atoms with E-state index in [-0.39, 0.29) is 17.9 Å². The number of ether oxygens (including phenoxy) is 5. The first kappa shape index (κ1) is 25.6. The van der Waals surface area contributed by atoms with Gasteiger partial charge in [0, 0.05) is 10.0 Å². The molecule has 0 saturated heterocycles. The summed E-state index contributed by atoms with van der Waals surface area (Å²) < 4.78 is 27.2. The van der Waals surface area contributed by atoms with E-state index in [9.17, 15) is 9.59 Å². The summed E-state index contributed by atoms with van der Waals surface area (Å²) in [6.07, 6.45) is 1.37. The molecule has 3 aromatic rings. The smallest absolute Gasteiger partial charge is 0.343 e. The number of methoxy groups -OCH3 is 3. The lowest BCUT2D eigenvalue weighted by atomic mass is 10.2. The summed E-state index contributed by atoms with van der Waals surface area (Å²) in [6.45, 7) is -0.233. The summed E-state index contributed by atoms with van der Waals surface area (Å²) in [6, 6.07) is 16.6. The third-order valence-electron chi connectivity index (χ3n) is 4.62. The van der Waals surface area contributed by atoms with Gasteiger partial charge < -0.3 is 23.7 Å². The van der Waals surface area contributed by atoms with Gasteiger partial charge in [-0.05, 0) is 60.7 Å². The van der Waals surface area contributed by atoms with Crippen molar-refractivity contribution in [3.8, 4) is 28.7 Å². The maximum atomic E-state index is 12.7. The largest absolute Gasteiger partial charge is 0.497 e. The molecule has 0 atom stereocenters. The van der Waals surface area contributed by atoms with Crippen molar-refractivity contribution in [1.29, 1.82) is 0 Å². The van der Waals surface area contributed by atoms with Crippen LogP contribution in [0.2, 0.25) is 0 Å². The van der Waals surface area contributed by atoms with Gasteiger partial charge in [-0.2, -0.15) is 5.10 Å². The van der Waals surface area contributed by atoms with E-state index in [1.807, 2.05) is 0 Å². The minimum absolute atomic E-state index is 0.233. The molecule has 0 aliphatic carbocycles. The van der Waals surface area contributed by atoms with Crippen molar-refractivity contribution in [3.05, 3.63) is 76.3 Å². The second-order valence-corrected chi connectivity index (χ2v) is 7.81. The van der Waals surface area contributed by atoms with Crippen molar-refractivity contribution in [2.75, 3.05) is 27.9 Å². The Bertz CT molecular complexity index is 1210. The number of rotatable bonds is 10. The fourth-order valence-corrected chi connectivity index (χ4v) is 3.24. The number of hydrazone groups is 1. The van der Waals surface area contributed by atoms with E-state index in [4.69, 9.17) is 23.7 Å². The van der Waals surface area contributed by atoms with E-state index in [1.165, 1.54) is 26.5 Å². The molecular weight excluding hydrogens is 520 g/mol. The van der Waals surface area contributed by atoms with E-state index in [0.29, 0.717) is 28.6 Å². The Hall–Kier alpha value is -4.05. The molecule has 0 aliphatic heterocycles. The number of carbonyl (C=O) groups excluding carboxylic acids is 2. The maximum absolute atomic E-state index is 12.7. The van der Waals surface area contributed by atoms with Crippen LogP contribution in [-0.2, 0) is 4.79 Å². The molecule has 35 heavy (non-hydrogen) atoms. The molecule has 9 nitrogen and oxygen atoms in total. The van der Waals surface area contributed by atoms with E-state index in [0.717, 1.165) is 4.47 Å². The van der Waals surface area contributed by atoms with Gasteiger partial charge in [0.1, 0.15) is 17.2 Å². The van der Waals surface area contributed by atoms with Crippen LogP contribution in [0.5, 0.6) is 28.7 Å². The van der Waals surface area contributed by atoms with Crippen molar-refractivity contribution in [2.45, 2.75) is 0 Å². The Morgan fingerprint density at radius 1 is 0.857 bits per heavy atom. The van der Waals surface area contributed by atoms with E-state index >= 15 is 0 Å². The average Bonchev–Trinajstić information content (AvgIpc) is 2.88. The Kier molecular flexibility index (Phi) is 9.08.